The second-order valence-corrected chi connectivity index (χ2v) is 24.6. The van der Waals surface area contributed by atoms with Gasteiger partial charge in [-0.2, -0.15) is 0 Å². The van der Waals surface area contributed by atoms with Crippen LogP contribution in [0.25, 0.3) is 0 Å². The van der Waals surface area contributed by atoms with E-state index in [9.17, 15) is 0 Å². The van der Waals surface area contributed by atoms with Crippen molar-refractivity contribution in [3.8, 4) is 0 Å². The molecule has 0 aromatic heterocycles. The molecule has 57 heavy (non-hydrogen) atoms. The Morgan fingerprint density at radius 2 is 1.16 bits per heavy atom. The van der Waals surface area contributed by atoms with E-state index < -0.39 is 15.8 Å². The molecule has 1 unspecified atom stereocenters. The van der Waals surface area contributed by atoms with Crippen molar-refractivity contribution >= 4 is 37.1 Å². The summed E-state index contributed by atoms with van der Waals surface area (Å²) in [5.41, 5.74) is 2.66. The van der Waals surface area contributed by atoms with E-state index >= 15 is 0 Å². The average molecular weight is 797 g/mol. The van der Waals surface area contributed by atoms with Crippen molar-refractivity contribution < 1.29 is 4.74 Å². The minimum atomic E-state index is -0.645. The van der Waals surface area contributed by atoms with E-state index in [0.717, 1.165) is 55.0 Å². The molecule has 8 rings (SSSR count). The maximum atomic E-state index is 7.14. The highest BCUT2D eigenvalue weighted by atomic mass is 31.2. The maximum absolute atomic E-state index is 7.14. The van der Waals surface area contributed by atoms with Crippen LogP contribution in [-0.4, -0.2) is 18.1 Å². The van der Waals surface area contributed by atoms with E-state index in [-0.39, 0.29) is 0 Å². The predicted octanol–water partition coefficient (Wildman–Crippen LogP) is 13.4. The molecule has 0 amide bonds. The Morgan fingerprint density at radius 3 is 1.68 bits per heavy atom. The number of hydrogen-bond donors (Lipinski definition) is 0. The second kappa shape index (κ2) is 18.4. The fourth-order valence-electron chi connectivity index (χ4n) is 12.8. The summed E-state index contributed by atoms with van der Waals surface area (Å²) in [5.74, 6) is 5.30. The summed E-state index contributed by atoms with van der Waals surface area (Å²) in [7, 11) is -1.29. The van der Waals surface area contributed by atoms with Crippen molar-refractivity contribution in [2.45, 2.75) is 123 Å². The van der Waals surface area contributed by atoms with Crippen LogP contribution in [0.1, 0.15) is 112 Å². The van der Waals surface area contributed by atoms with Crippen molar-refractivity contribution in [1.82, 2.24) is 0 Å². The Labute approximate surface area is 349 Å². The number of rotatable bonds is 15. The molecule has 3 fully saturated rings. The molecule has 302 valence electrons. The molecule has 0 bridgehead atoms. The fourth-order valence-corrected chi connectivity index (χ4v) is 20.0. The third-order valence-electron chi connectivity index (χ3n) is 15.7. The SMILES string of the molecule is CC(C)CCC[C@@H](C)[C@H]1CCC2[C@@H]3CC=C4C[C@@H](OCCC(P(c5ccccc5)c5ccccc5)P(c5ccccc5)c5ccccc5)CC[C@]4(C)[C@H]3CC[C@@]21C. The summed E-state index contributed by atoms with van der Waals surface area (Å²) < 4.78 is 7.14. The standard InChI is InChI=1S/C54H70OP2/c1-40(2)19-18-20-41(3)49-31-32-50-48-30-29-42-39-43(33-36-53(42,4)51(48)34-37-54(49,50)5)55-38-35-52(56(44-21-10-6-11-22-44)45-23-12-7-13-24-45)57(46-25-14-8-15-26-46)47-27-16-9-17-28-47/h6-17,21-29,40-41,43,48-52H,18-20,30-39H2,1-5H3/t41-,43+,48+,49-,50?,51+,53+,54-/m1/s1. The second-order valence-electron chi connectivity index (χ2n) is 19.4. The molecule has 4 aliphatic carbocycles. The molecule has 4 aromatic rings. The largest absolute Gasteiger partial charge is 0.378 e. The first-order chi connectivity index (χ1) is 27.8. The summed E-state index contributed by atoms with van der Waals surface area (Å²) in [6.07, 6.45) is 19.2. The maximum Gasteiger partial charge on any atom is 0.0612 e. The first-order valence-electron chi connectivity index (χ1n) is 22.9. The summed E-state index contributed by atoms with van der Waals surface area (Å²) in [6, 6.07) is 45.7. The van der Waals surface area contributed by atoms with Gasteiger partial charge in [-0.05, 0) is 141 Å². The minimum absolute atomic E-state index is 0.331. The van der Waals surface area contributed by atoms with Crippen LogP contribution in [0.4, 0.5) is 0 Å². The van der Waals surface area contributed by atoms with Gasteiger partial charge in [-0.1, -0.05) is 187 Å². The monoisotopic (exact) mass is 796 g/mol. The number of allylic oxidation sites excluding steroid dienone is 1. The molecule has 4 aromatic carbocycles. The Bertz CT molecular complexity index is 1710. The highest BCUT2D eigenvalue weighted by molar-refractivity contribution is 7.89. The van der Waals surface area contributed by atoms with Crippen molar-refractivity contribution in [2.75, 3.05) is 6.61 Å². The summed E-state index contributed by atoms with van der Waals surface area (Å²) in [4.78, 5) is 0. The Balaban J connectivity index is 0.999. The van der Waals surface area contributed by atoms with Crippen molar-refractivity contribution in [2.24, 2.45) is 46.3 Å². The van der Waals surface area contributed by atoms with Gasteiger partial charge in [0.15, 0.2) is 0 Å². The van der Waals surface area contributed by atoms with Crippen LogP contribution < -0.4 is 21.2 Å². The molecule has 1 nitrogen and oxygen atoms in total. The third kappa shape index (κ3) is 8.71. The molecule has 0 aliphatic heterocycles. The van der Waals surface area contributed by atoms with Gasteiger partial charge in [0.05, 0.1) is 6.10 Å². The number of hydrogen-bond acceptors (Lipinski definition) is 1. The van der Waals surface area contributed by atoms with Gasteiger partial charge in [-0.25, -0.2) is 0 Å². The highest BCUT2D eigenvalue weighted by Crippen LogP contribution is 2.67. The number of fused-ring (bicyclic) bond motifs is 5. The zero-order valence-corrected chi connectivity index (χ0v) is 37.5. The van der Waals surface area contributed by atoms with Gasteiger partial charge in [0.25, 0.3) is 0 Å². The molecular formula is C54H70OP2. The normalized spacial score (nSPS) is 28.9. The van der Waals surface area contributed by atoms with Gasteiger partial charge < -0.3 is 4.74 Å². The third-order valence-corrected chi connectivity index (χ3v) is 22.2. The lowest BCUT2D eigenvalue weighted by Crippen LogP contribution is -2.51. The predicted molar refractivity (Wildman–Crippen MR) is 249 cm³/mol. The summed E-state index contributed by atoms with van der Waals surface area (Å²) in [5, 5.41) is 6.32. The lowest BCUT2D eigenvalue weighted by Gasteiger charge is -2.58. The van der Waals surface area contributed by atoms with Crippen LogP contribution in [0, 0.1) is 46.3 Å². The fraction of sp³-hybridized carbons (Fsp3) is 0.519. The zero-order chi connectivity index (χ0) is 39.4. The molecule has 3 heteroatoms. The molecule has 0 radical (unpaired) electrons. The molecule has 0 N–H and O–H groups in total. The number of benzene rings is 4. The van der Waals surface area contributed by atoms with E-state index in [2.05, 4.69) is 162 Å². The van der Waals surface area contributed by atoms with Crippen molar-refractivity contribution in [1.29, 1.82) is 0 Å². The molecule has 3 saturated carbocycles. The van der Waals surface area contributed by atoms with Gasteiger partial charge in [0.2, 0.25) is 0 Å². The zero-order valence-electron chi connectivity index (χ0n) is 35.7. The van der Waals surface area contributed by atoms with E-state index in [1.54, 1.807) is 5.57 Å². The van der Waals surface area contributed by atoms with Crippen molar-refractivity contribution in [3.63, 3.8) is 0 Å². The van der Waals surface area contributed by atoms with Gasteiger partial charge in [-0.15, -0.1) is 0 Å². The molecule has 0 saturated heterocycles. The van der Waals surface area contributed by atoms with Crippen LogP contribution in [-0.2, 0) is 4.74 Å². The summed E-state index contributed by atoms with van der Waals surface area (Å²) >= 11 is 0. The van der Waals surface area contributed by atoms with Crippen LogP contribution in [0.3, 0.4) is 0 Å². The van der Waals surface area contributed by atoms with Crippen molar-refractivity contribution in [3.05, 3.63) is 133 Å². The molecular weight excluding hydrogens is 727 g/mol. The van der Waals surface area contributed by atoms with Crippen LogP contribution in [0.2, 0.25) is 0 Å². The van der Waals surface area contributed by atoms with Gasteiger partial charge in [-0.3, -0.25) is 0 Å². The lowest BCUT2D eigenvalue weighted by atomic mass is 9.47. The highest BCUT2D eigenvalue weighted by Gasteiger charge is 2.59. The van der Waals surface area contributed by atoms with Crippen LogP contribution in [0.15, 0.2) is 133 Å². The molecule has 8 atom stereocenters. The first-order valence-corrected chi connectivity index (χ1v) is 25.7. The van der Waals surface area contributed by atoms with E-state index in [1.807, 2.05) is 0 Å². The Morgan fingerprint density at radius 1 is 0.614 bits per heavy atom. The van der Waals surface area contributed by atoms with Gasteiger partial charge >= 0.3 is 0 Å². The van der Waals surface area contributed by atoms with Crippen LogP contribution >= 0.6 is 15.8 Å². The van der Waals surface area contributed by atoms with E-state index in [0.29, 0.717) is 22.3 Å². The van der Waals surface area contributed by atoms with Gasteiger partial charge in [0, 0.05) is 12.0 Å². The van der Waals surface area contributed by atoms with Crippen LogP contribution in [0.5, 0.6) is 0 Å². The Hall–Kier alpha value is -2.56. The number of ether oxygens (including phenoxy) is 1. The summed E-state index contributed by atoms with van der Waals surface area (Å²) in [6.45, 7) is 13.6. The van der Waals surface area contributed by atoms with Gasteiger partial charge in [0.1, 0.15) is 0 Å². The molecule has 4 aliphatic rings. The Kier molecular flexibility index (Phi) is 13.3. The lowest BCUT2D eigenvalue weighted by molar-refractivity contribution is -0.0639. The molecule has 0 spiro atoms. The quantitative estimate of drug-likeness (QED) is 0.0860. The smallest absolute Gasteiger partial charge is 0.0612 e. The molecule has 0 heterocycles. The topological polar surface area (TPSA) is 9.23 Å². The van der Waals surface area contributed by atoms with E-state index in [4.69, 9.17) is 4.74 Å². The van der Waals surface area contributed by atoms with E-state index in [1.165, 1.54) is 85.4 Å². The average Bonchev–Trinajstić information content (AvgIpc) is 3.60. The minimum Gasteiger partial charge on any atom is -0.378 e. The first kappa shape index (κ1) is 41.2.